The van der Waals surface area contributed by atoms with Gasteiger partial charge in [-0.2, -0.15) is 5.10 Å². The predicted octanol–water partition coefficient (Wildman–Crippen LogP) is 0.470. The SMILES string of the molecule is COC(=O)Cn1ncc(NC2CCCC2N)c(Br)c1=O. The molecule has 7 nitrogen and oxygen atoms in total. The van der Waals surface area contributed by atoms with E-state index in [1.54, 1.807) is 0 Å². The average molecular weight is 345 g/mol. The van der Waals surface area contributed by atoms with Crippen LogP contribution in [0.3, 0.4) is 0 Å². The van der Waals surface area contributed by atoms with Crippen LogP contribution in [-0.4, -0.2) is 34.9 Å². The number of hydrogen-bond donors (Lipinski definition) is 2. The minimum atomic E-state index is -0.523. The minimum absolute atomic E-state index is 0.0828. The number of rotatable bonds is 4. The highest BCUT2D eigenvalue weighted by Crippen LogP contribution is 2.24. The van der Waals surface area contributed by atoms with Crippen molar-refractivity contribution in [3.05, 3.63) is 21.0 Å². The molecule has 0 aromatic carbocycles. The molecular weight excluding hydrogens is 328 g/mol. The molecule has 110 valence electrons. The second-order valence-electron chi connectivity index (χ2n) is 4.76. The highest BCUT2D eigenvalue weighted by atomic mass is 79.9. The molecule has 1 fully saturated rings. The molecule has 1 aromatic heterocycles. The Balaban J connectivity index is 2.18. The lowest BCUT2D eigenvalue weighted by Gasteiger charge is -2.19. The van der Waals surface area contributed by atoms with Gasteiger partial charge in [-0.3, -0.25) is 9.59 Å². The zero-order valence-electron chi connectivity index (χ0n) is 11.1. The standard InChI is InChI=1S/C12H17BrN4O3/c1-20-10(18)6-17-12(19)11(13)9(5-15-17)16-8-4-2-3-7(8)14/h5,7-8,16H,2-4,6,14H2,1H3. The highest BCUT2D eigenvalue weighted by Gasteiger charge is 2.25. The van der Waals surface area contributed by atoms with Crippen molar-refractivity contribution >= 4 is 27.6 Å². The van der Waals surface area contributed by atoms with E-state index in [-0.39, 0.29) is 24.2 Å². The molecule has 0 aliphatic heterocycles. The second-order valence-corrected chi connectivity index (χ2v) is 5.55. The zero-order chi connectivity index (χ0) is 14.7. The molecule has 0 amide bonds. The third-order valence-electron chi connectivity index (χ3n) is 3.40. The summed E-state index contributed by atoms with van der Waals surface area (Å²) < 4.78 is 5.91. The van der Waals surface area contributed by atoms with Crippen LogP contribution in [0.2, 0.25) is 0 Å². The summed E-state index contributed by atoms with van der Waals surface area (Å²) in [7, 11) is 1.26. The first-order valence-electron chi connectivity index (χ1n) is 6.37. The maximum absolute atomic E-state index is 12.1. The van der Waals surface area contributed by atoms with Crippen LogP contribution in [0.5, 0.6) is 0 Å². The van der Waals surface area contributed by atoms with Gasteiger partial charge >= 0.3 is 5.97 Å². The Kier molecular flexibility index (Phi) is 4.77. The molecular formula is C12H17BrN4O3. The van der Waals surface area contributed by atoms with E-state index < -0.39 is 5.97 Å². The molecule has 2 atom stereocenters. The van der Waals surface area contributed by atoms with Gasteiger partial charge in [-0.05, 0) is 35.2 Å². The Labute approximate surface area is 124 Å². The number of nitrogens with two attached hydrogens (primary N) is 1. The number of carbonyl (C=O) groups is 1. The van der Waals surface area contributed by atoms with Crippen LogP contribution in [0.25, 0.3) is 0 Å². The first kappa shape index (κ1) is 15.0. The lowest BCUT2D eigenvalue weighted by atomic mass is 10.2. The zero-order valence-corrected chi connectivity index (χ0v) is 12.7. The summed E-state index contributed by atoms with van der Waals surface area (Å²) in [5.41, 5.74) is 6.20. The predicted molar refractivity (Wildman–Crippen MR) is 77.5 cm³/mol. The molecule has 3 N–H and O–H groups in total. The van der Waals surface area contributed by atoms with E-state index in [1.807, 2.05) is 0 Å². The maximum Gasteiger partial charge on any atom is 0.327 e. The molecule has 1 aliphatic carbocycles. The van der Waals surface area contributed by atoms with Gasteiger partial charge in [-0.25, -0.2) is 4.68 Å². The first-order chi connectivity index (χ1) is 9.52. The molecule has 1 saturated carbocycles. The quantitative estimate of drug-likeness (QED) is 0.770. The Morgan fingerprint density at radius 3 is 3.00 bits per heavy atom. The van der Waals surface area contributed by atoms with Crippen molar-refractivity contribution in [3.8, 4) is 0 Å². The van der Waals surface area contributed by atoms with Crippen molar-refractivity contribution in [1.29, 1.82) is 0 Å². The van der Waals surface area contributed by atoms with Crippen LogP contribution in [0.1, 0.15) is 19.3 Å². The van der Waals surface area contributed by atoms with Gasteiger partial charge in [0.2, 0.25) is 0 Å². The average Bonchev–Trinajstić information content (AvgIpc) is 2.83. The van der Waals surface area contributed by atoms with Crippen molar-refractivity contribution < 1.29 is 9.53 Å². The number of ether oxygens (including phenoxy) is 1. The van der Waals surface area contributed by atoms with Crippen molar-refractivity contribution in [2.45, 2.75) is 37.9 Å². The Morgan fingerprint density at radius 2 is 2.40 bits per heavy atom. The number of anilines is 1. The lowest BCUT2D eigenvalue weighted by Crippen LogP contribution is -2.36. The van der Waals surface area contributed by atoms with Crippen molar-refractivity contribution in [1.82, 2.24) is 9.78 Å². The van der Waals surface area contributed by atoms with Gasteiger partial charge in [-0.1, -0.05) is 0 Å². The van der Waals surface area contributed by atoms with Gasteiger partial charge in [0.1, 0.15) is 11.0 Å². The smallest absolute Gasteiger partial charge is 0.327 e. The van der Waals surface area contributed by atoms with Crippen LogP contribution in [0.4, 0.5) is 5.69 Å². The molecule has 0 spiro atoms. The van der Waals surface area contributed by atoms with E-state index in [0.717, 1.165) is 23.9 Å². The Bertz CT molecular complexity index is 560. The fourth-order valence-corrected chi connectivity index (χ4v) is 2.65. The molecule has 0 bridgehead atoms. The third-order valence-corrected chi connectivity index (χ3v) is 4.17. The molecule has 0 saturated heterocycles. The van der Waals surface area contributed by atoms with Gasteiger partial charge in [0.25, 0.3) is 5.56 Å². The molecule has 2 rings (SSSR count). The van der Waals surface area contributed by atoms with E-state index in [1.165, 1.54) is 13.3 Å². The summed E-state index contributed by atoms with van der Waals surface area (Å²) in [4.78, 5) is 23.3. The van der Waals surface area contributed by atoms with E-state index in [0.29, 0.717) is 10.2 Å². The van der Waals surface area contributed by atoms with Crippen molar-refractivity contribution in [3.63, 3.8) is 0 Å². The number of methoxy groups -OCH3 is 1. The van der Waals surface area contributed by atoms with Crippen molar-refractivity contribution in [2.24, 2.45) is 5.73 Å². The molecule has 2 unspecified atom stereocenters. The number of nitrogens with zero attached hydrogens (tertiary/aromatic N) is 2. The molecule has 8 heteroatoms. The largest absolute Gasteiger partial charge is 0.468 e. The first-order valence-corrected chi connectivity index (χ1v) is 7.16. The van der Waals surface area contributed by atoms with Gasteiger partial charge in [0.15, 0.2) is 0 Å². The van der Waals surface area contributed by atoms with Crippen LogP contribution in [0.15, 0.2) is 15.5 Å². The fraction of sp³-hybridized carbons (Fsp3) is 0.583. The van der Waals surface area contributed by atoms with E-state index in [9.17, 15) is 9.59 Å². The topological polar surface area (TPSA) is 99.2 Å². The summed E-state index contributed by atoms with van der Waals surface area (Å²) in [5.74, 6) is -0.523. The fourth-order valence-electron chi connectivity index (χ4n) is 2.23. The summed E-state index contributed by atoms with van der Waals surface area (Å²) >= 11 is 3.24. The molecule has 1 aliphatic rings. The molecule has 1 aromatic rings. The van der Waals surface area contributed by atoms with E-state index in [4.69, 9.17) is 5.73 Å². The monoisotopic (exact) mass is 344 g/mol. The Hall–Kier alpha value is -1.41. The highest BCUT2D eigenvalue weighted by molar-refractivity contribution is 9.10. The number of nitrogens with one attached hydrogen (secondary N) is 1. The maximum atomic E-state index is 12.1. The summed E-state index contributed by atoms with van der Waals surface area (Å²) in [6, 6.07) is 0.225. The molecule has 20 heavy (non-hydrogen) atoms. The molecule has 1 heterocycles. The number of esters is 1. The number of halogens is 1. The number of aromatic nitrogens is 2. The Morgan fingerprint density at radius 1 is 1.65 bits per heavy atom. The van der Waals surface area contributed by atoms with Crippen molar-refractivity contribution in [2.75, 3.05) is 12.4 Å². The lowest BCUT2D eigenvalue weighted by molar-refractivity contribution is -0.141. The molecule has 0 radical (unpaired) electrons. The normalized spacial score (nSPS) is 21.8. The summed E-state index contributed by atoms with van der Waals surface area (Å²) in [5, 5.41) is 7.19. The second kappa shape index (κ2) is 6.36. The van der Waals surface area contributed by atoms with Crippen LogP contribution >= 0.6 is 15.9 Å². The van der Waals surface area contributed by atoms with Crippen LogP contribution in [0, 0.1) is 0 Å². The van der Waals surface area contributed by atoms with E-state index >= 15 is 0 Å². The van der Waals surface area contributed by atoms with Gasteiger partial charge in [0, 0.05) is 12.1 Å². The number of carbonyl (C=O) groups excluding carboxylic acids is 1. The summed E-state index contributed by atoms with van der Waals surface area (Å²) in [6.45, 7) is -0.211. The minimum Gasteiger partial charge on any atom is -0.468 e. The number of hydrogen-bond acceptors (Lipinski definition) is 6. The van der Waals surface area contributed by atoms with Crippen LogP contribution < -0.4 is 16.6 Å². The summed E-state index contributed by atoms with van der Waals surface area (Å²) in [6.07, 6.45) is 4.53. The van der Waals surface area contributed by atoms with Crippen LogP contribution in [-0.2, 0) is 16.1 Å². The third kappa shape index (κ3) is 3.18. The van der Waals surface area contributed by atoms with Gasteiger partial charge < -0.3 is 15.8 Å². The van der Waals surface area contributed by atoms with Gasteiger partial charge in [-0.15, -0.1) is 0 Å². The van der Waals surface area contributed by atoms with Gasteiger partial charge in [0.05, 0.1) is 19.0 Å². The van der Waals surface area contributed by atoms with E-state index in [2.05, 4.69) is 31.1 Å².